The molecule has 1 atom stereocenters. The predicted octanol–water partition coefficient (Wildman–Crippen LogP) is 4.20. The molecule has 0 spiro atoms. The van der Waals surface area contributed by atoms with E-state index in [2.05, 4.69) is 5.32 Å². The first-order chi connectivity index (χ1) is 12.8. The Bertz CT molecular complexity index is 948. The Morgan fingerprint density at radius 2 is 2.00 bits per heavy atom. The lowest BCUT2D eigenvalue weighted by Crippen LogP contribution is -2.28. The summed E-state index contributed by atoms with van der Waals surface area (Å²) in [7, 11) is 0. The summed E-state index contributed by atoms with van der Waals surface area (Å²) in [6, 6.07) is 9.26. The molecule has 1 aliphatic heterocycles. The highest BCUT2D eigenvalue weighted by Crippen LogP contribution is 2.31. The van der Waals surface area contributed by atoms with Crippen LogP contribution in [-0.2, 0) is 9.59 Å². The molecule has 1 heterocycles. The van der Waals surface area contributed by atoms with Crippen molar-refractivity contribution >= 4 is 52.1 Å². The van der Waals surface area contributed by atoms with Crippen LogP contribution in [0.3, 0.4) is 0 Å². The molecule has 27 heavy (non-hydrogen) atoms. The molecule has 2 amide bonds. The highest BCUT2D eigenvalue weighted by molar-refractivity contribution is 6.35. The van der Waals surface area contributed by atoms with E-state index in [1.54, 1.807) is 31.2 Å². The number of nitrogens with one attached hydrogen (secondary N) is 1. The summed E-state index contributed by atoms with van der Waals surface area (Å²) in [5.74, 6) is -1.24. The molecule has 0 aromatic heterocycles. The second-order valence-electron chi connectivity index (χ2n) is 6.25. The van der Waals surface area contributed by atoms with Gasteiger partial charge in [-0.15, -0.1) is 0 Å². The third kappa shape index (κ3) is 4.04. The van der Waals surface area contributed by atoms with Crippen molar-refractivity contribution in [1.82, 2.24) is 0 Å². The second kappa shape index (κ2) is 7.54. The largest absolute Gasteiger partial charge is 0.324 e. The van der Waals surface area contributed by atoms with Crippen LogP contribution >= 0.6 is 23.2 Å². The number of nitro groups is 1. The highest BCUT2D eigenvalue weighted by atomic mass is 35.5. The number of carbonyl (C=O) groups excluding carboxylic acids is 2. The van der Waals surface area contributed by atoms with Crippen molar-refractivity contribution in [2.45, 2.75) is 13.3 Å². The van der Waals surface area contributed by atoms with E-state index in [1.807, 2.05) is 0 Å². The third-order valence-corrected chi connectivity index (χ3v) is 4.95. The summed E-state index contributed by atoms with van der Waals surface area (Å²) in [5, 5.41) is 14.6. The van der Waals surface area contributed by atoms with Crippen LogP contribution in [-0.4, -0.2) is 23.3 Å². The Morgan fingerprint density at radius 3 is 2.70 bits per heavy atom. The molecule has 0 aliphatic carbocycles. The topological polar surface area (TPSA) is 92.6 Å². The lowest BCUT2D eigenvalue weighted by atomic mass is 10.1. The van der Waals surface area contributed by atoms with Gasteiger partial charge in [0, 0.05) is 29.6 Å². The van der Waals surface area contributed by atoms with Crippen molar-refractivity contribution < 1.29 is 14.5 Å². The number of anilines is 2. The van der Waals surface area contributed by atoms with Crippen LogP contribution in [0.25, 0.3) is 0 Å². The number of aryl methyl sites for hydroxylation is 1. The van der Waals surface area contributed by atoms with Gasteiger partial charge in [-0.2, -0.15) is 0 Å². The Labute approximate surface area is 165 Å². The fourth-order valence-electron chi connectivity index (χ4n) is 2.92. The minimum Gasteiger partial charge on any atom is -0.324 e. The molecule has 1 N–H and O–H groups in total. The monoisotopic (exact) mass is 407 g/mol. The van der Waals surface area contributed by atoms with Crippen LogP contribution in [0, 0.1) is 23.0 Å². The summed E-state index contributed by atoms with van der Waals surface area (Å²) in [4.78, 5) is 36.9. The van der Waals surface area contributed by atoms with E-state index >= 15 is 0 Å². The molecular weight excluding hydrogens is 393 g/mol. The number of benzene rings is 2. The molecule has 140 valence electrons. The van der Waals surface area contributed by atoms with Gasteiger partial charge in [0.1, 0.15) is 0 Å². The summed E-state index contributed by atoms with van der Waals surface area (Å²) in [5.41, 5.74) is 1.19. The van der Waals surface area contributed by atoms with Crippen LogP contribution in [0.2, 0.25) is 10.0 Å². The quantitative estimate of drug-likeness (QED) is 0.606. The average Bonchev–Trinajstić information content (AvgIpc) is 3.00. The van der Waals surface area contributed by atoms with E-state index in [9.17, 15) is 19.7 Å². The van der Waals surface area contributed by atoms with Gasteiger partial charge in [0.2, 0.25) is 11.8 Å². The summed E-state index contributed by atoms with van der Waals surface area (Å²) in [6.07, 6.45) is 0.00565. The first-order valence-corrected chi connectivity index (χ1v) is 8.83. The Balaban J connectivity index is 1.77. The van der Waals surface area contributed by atoms with Crippen molar-refractivity contribution in [3.05, 3.63) is 62.1 Å². The van der Waals surface area contributed by atoms with E-state index in [0.717, 1.165) is 0 Å². The fraction of sp³-hybridized carbons (Fsp3) is 0.222. The van der Waals surface area contributed by atoms with E-state index < -0.39 is 10.8 Å². The molecule has 1 aliphatic rings. The average molecular weight is 408 g/mol. The molecule has 7 nitrogen and oxygen atoms in total. The number of nitro benzene ring substituents is 1. The van der Waals surface area contributed by atoms with Crippen molar-refractivity contribution in [2.75, 3.05) is 16.8 Å². The number of nitrogens with zero attached hydrogens (tertiary/aromatic N) is 2. The predicted molar refractivity (Wildman–Crippen MR) is 103 cm³/mol. The van der Waals surface area contributed by atoms with Crippen molar-refractivity contribution in [1.29, 1.82) is 0 Å². The Hall–Kier alpha value is -2.64. The van der Waals surface area contributed by atoms with Gasteiger partial charge in [0.05, 0.1) is 27.2 Å². The molecule has 0 saturated carbocycles. The Morgan fingerprint density at radius 1 is 1.26 bits per heavy atom. The zero-order chi connectivity index (χ0) is 19.7. The molecule has 0 unspecified atom stereocenters. The highest BCUT2D eigenvalue weighted by Gasteiger charge is 2.36. The molecule has 1 saturated heterocycles. The maximum Gasteiger partial charge on any atom is 0.274 e. The van der Waals surface area contributed by atoms with E-state index in [-0.39, 0.29) is 30.5 Å². The minimum absolute atomic E-state index is 0.00565. The molecule has 9 heteroatoms. The lowest BCUT2D eigenvalue weighted by molar-refractivity contribution is -0.385. The van der Waals surface area contributed by atoms with Gasteiger partial charge >= 0.3 is 0 Å². The lowest BCUT2D eigenvalue weighted by Gasteiger charge is -2.17. The maximum atomic E-state index is 12.5. The van der Waals surface area contributed by atoms with Gasteiger partial charge in [-0.3, -0.25) is 19.7 Å². The van der Waals surface area contributed by atoms with Crippen LogP contribution in [0.4, 0.5) is 17.1 Å². The normalized spacial score (nSPS) is 16.5. The number of hydrogen-bond donors (Lipinski definition) is 1. The molecule has 0 bridgehead atoms. The number of halogens is 2. The number of carbonyl (C=O) groups is 2. The van der Waals surface area contributed by atoms with Gasteiger partial charge in [-0.05, 0) is 31.2 Å². The van der Waals surface area contributed by atoms with Gasteiger partial charge in [-0.25, -0.2) is 0 Å². The van der Waals surface area contributed by atoms with Gasteiger partial charge in [-0.1, -0.05) is 29.3 Å². The first kappa shape index (κ1) is 19.1. The van der Waals surface area contributed by atoms with Crippen molar-refractivity contribution in [3.8, 4) is 0 Å². The van der Waals surface area contributed by atoms with E-state index in [0.29, 0.717) is 27.0 Å². The number of amides is 2. The summed E-state index contributed by atoms with van der Waals surface area (Å²) < 4.78 is 0. The van der Waals surface area contributed by atoms with E-state index in [1.165, 1.54) is 17.0 Å². The standard InChI is InChI=1S/C18H15Cl2N3O4/c1-10-2-4-13(8-16(10)23(26)27)22-9-11(6-17(22)24)18(25)21-15-7-12(19)3-5-14(15)20/h2-5,7-8,11H,6,9H2,1H3,(H,21,25)/t11-/m0/s1. The molecule has 0 radical (unpaired) electrons. The van der Waals surface area contributed by atoms with Crippen molar-refractivity contribution in [3.63, 3.8) is 0 Å². The first-order valence-electron chi connectivity index (χ1n) is 8.07. The molecule has 1 fully saturated rings. The van der Waals surface area contributed by atoms with Crippen LogP contribution in [0.1, 0.15) is 12.0 Å². The minimum atomic E-state index is -0.604. The summed E-state index contributed by atoms with van der Waals surface area (Å²) in [6.45, 7) is 1.75. The molecule has 2 aromatic rings. The molecule has 3 rings (SSSR count). The number of rotatable bonds is 4. The van der Waals surface area contributed by atoms with Gasteiger partial charge < -0.3 is 10.2 Å². The van der Waals surface area contributed by atoms with Crippen molar-refractivity contribution in [2.24, 2.45) is 5.92 Å². The molecule has 2 aromatic carbocycles. The second-order valence-corrected chi connectivity index (χ2v) is 7.09. The maximum absolute atomic E-state index is 12.5. The van der Waals surface area contributed by atoms with Crippen LogP contribution < -0.4 is 10.2 Å². The van der Waals surface area contributed by atoms with Crippen LogP contribution in [0.5, 0.6) is 0 Å². The van der Waals surface area contributed by atoms with Crippen LogP contribution in [0.15, 0.2) is 36.4 Å². The fourth-order valence-corrected chi connectivity index (χ4v) is 3.26. The van der Waals surface area contributed by atoms with Gasteiger partial charge in [0.25, 0.3) is 5.69 Å². The zero-order valence-corrected chi connectivity index (χ0v) is 15.8. The third-order valence-electron chi connectivity index (χ3n) is 4.38. The SMILES string of the molecule is Cc1ccc(N2C[C@@H](C(=O)Nc3cc(Cl)ccc3Cl)CC2=O)cc1[N+](=O)[O-]. The van der Waals surface area contributed by atoms with Gasteiger partial charge in [0.15, 0.2) is 0 Å². The summed E-state index contributed by atoms with van der Waals surface area (Å²) >= 11 is 12.0. The smallest absolute Gasteiger partial charge is 0.274 e. The molecular formula is C18H15Cl2N3O4. The Kier molecular flexibility index (Phi) is 5.34. The van der Waals surface area contributed by atoms with E-state index in [4.69, 9.17) is 23.2 Å². The zero-order valence-electron chi connectivity index (χ0n) is 14.2. The number of hydrogen-bond acceptors (Lipinski definition) is 4.